The molecule has 30 heavy (non-hydrogen) atoms. The van der Waals surface area contributed by atoms with Crippen LogP contribution in [0.15, 0.2) is 42.5 Å². The van der Waals surface area contributed by atoms with E-state index in [1.807, 2.05) is 24.3 Å². The molecule has 7 heteroatoms. The molecule has 2 aromatic carbocycles. The van der Waals surface area contributed by atoms with Crippen molar-refractivity contribution in [2.45, 2.75) is 19.4 Å². The largest absolute Gasteiger partial charge is 0.369 e. The lowest BCUT2D eigenvalue weighted by Crippen LogP contribution is -2.53. The van der Waals surface area contributed by atoms with E-state index in [2.05, 4.69) is 22.0 Å². The quantitative estimate of drug-likeness (QED) is 0.807. The summed E-state index contributed by atoms with van der Waals surface area (Å²) < 4.78 is 13.8. The molecule has 1 N–H and O–H groups in total. The van der Waals surface area contributed by atoms with Crippen molar-refractivity contribution in [1.29, 1.82) is 0 Å². The van der Waals surface area contributed by atoms with Gasteiger partial charge in [0.05, 0.1) is 11.6 Å². The molecule has 0 unspecified atom stereocenters. The van der Waals surface area contributed by atoms with Gasteiger partial charge >= 0.3 is 0 Å². The highest BCUT2D eigenvalue weighted by Gasteiger charge is 2.26. The first-order valence-electron chi connectivity index (χ1n) is 9.97. The van der Waals surface area contributed by atoms with Crippen molar-refractivity contribution in [3.05, 3.63) is 64.4 Å². The van der Waals surface area contributed by atoms with E-state index in [1.165, 1.54) is 6.07 Å². The number of fused-ring (bicyclic) bond motifs is 1. The summed E-state index contributed by atoms with van der Waals surface area (Å²) >= 11 is 5.78. The van der Waals surface area contributed by atoms with Crippen LogP contribution in [0.3, 0.4) is 0 Å². The Morgan fingerprint density at radius 3 is 2.80 bits per heavy atom. The summed E-state index contributed by atoms with van der Waals surface area (Å²) in [7, 11) is 0. The third kappa shape index (κ3) is 4.55. The number of carbonyl (C=O) groups excluding carboxylic acids is 2. The molecular formula is C23H23ClFN3O2. The smallest absolute Gasteiger partial charge is 0.238 e. The van der Waals surface area contributed by atoms with E-state index in [1.54, 1.807) is 18.2 Å². The molecular weight excluding hydrogens is 405 g/mol. The maximum Gasteiger partial charge on any atom is 0.238 e. The van der Waals surface area contributed by atoms with E-state index in [0.29, 0.717) is 26.1 Å². The Labute approximate surface area is 180 Å². The molecule has 0 saturated carbocycles. The second-order valence-corrected chi connectivity index (χ2v) is 8.21. The Bertz CT molecular complexity index is 1020. The zero-order valence-electron chi connectivity index (χ0n) is 16.7. The first kappa shape index (κ1) is 20.6. The zero-order valence-corrected chi connectivity index (χ0v) is 17.5. The molecule has 2 aliphatic rings. The van der Waals surface area contributed by atoms with Crippen molar-refractivity contribution in [3.63, 3.8) is 0 Å². The van der Waals surface area contributed by atoms with E-state index >= 15 is 0 Å². The zero-order chi connectivity index (χ0) is 21.3. The lowest BCUT2D eigenvalue weighted by molar-refractivity contribution is -0.118. The average molecular weight is 428 g/mol. The van der Waals surface area contributed by atoms with E-state index < -0.39 is 5.82 Å². The Hall–Kier alpha value is -2.70. The van der Waals surface area contributed by atoms with Gasteiger partial charge in [-0.15, -0.1) is 0 Å². The number of nitrogens with one attached hydrogen (secondary N) is 1. The predicted molar refractivity (Wildman–Crippen MR) is 117 cm³/mol. The van der Waals surface area contributed by atoms with Gasteiger partial charge < -0.3 is 10.2 Å². The van der Waals surface area contributed by atoms with E-state index in [-0.39, 0.29) is 29.3 Å². The van der Waals surface area contributed by atoms with E-state index in [4.69, 9.17) is 11.6 Å². The maximum absolute atomic E-state index is 13.8. The lowest BCUT2D eigenvalue weighted by Gasteiger charge is -2.40. The molecule has 1 aliphatic heterocycles. The third-order valence-corrected chi connectivity index (χ3v) is 5.93. The second-order valence-electron chi connectivity index (χ2n) is 7.80. The predicted octanol–water partition coefficient (Wildman–Crippen LogP) is 3.77. The number of hydrogen-bond donors (Lipinski definition) is 1. The first-order chi connectivity index (χ1) is 14.4. The number of anilines is 2. The standard InChI is InChI=1S/C23H23ClFN3O2/c1-15-13-28(19-5-7-21(24)22(25)12-19)9-8-27(15)14-23(30)26-18-4-2-17-11-20(29)6-3-16(17)10-18/h2-7,10,12,15H,8-9,11,13-14H2,1H3,(H,26,30)/t15-/m1/s1. The summed E-state index contributed by atoms with van der Waals surface area (Å²) in [5.74, 6) is -0.412. The van der Waals surface area contributed by atoms with Gasteiger partial charge in [-0.2, -0.15) is 0 Å². The number of amides is 1. The molecule has 2 aromatic rings. The normalized spacial score (nSPS) is 19.0. The molecule has 5 nitrogen and oxygen atoms in total. The number of piperazine rings is 1. The maximum atomic E-state index is 13.8. The number of nitrogens with zero attached hydrogens (tertiary/aromatic N) is 2. The van der Waals surface area contributed by atoms with Gasteiger partial charge in [-0.1, -0.05) is 23.7 Å². The summed E-state index contributed by atoms with van der Waals surface area (Å²) in [6.07, 6.45) is 3.76. The van der Waals surface area contributed by atoms with Crippen molar-refractivity contribution in [1.82, 2.24) is 4.90 Å². The molecule has 4 rings (SSSR count). The fourth-order valence-corrected chi connectivity index (χ4v) is 4.07. The molecule has 0 radical (unpaired) electrons. The number of allylic oxidation sites excluding steroid dienone is 1. The Balaban J connectivity index is 1.34. The van der Waals surface area contributed by atoms with Crippen LogP contribution >= 0.6 is 11.6 Å². The Kier molecular flexibility index (Phi) is 5.88. The summed E-state index contributed by atoms with van der Waals surface area (Å²) in [5, 5.41) is 3.07. The fourth-order valence-electron chi connectivity index (χ4n) is 3.95. The molecule has 0 bridgehead atoms. The lowest BCUT2D eigenvalue weighted by atomic mass is 9.96. The van der Waals surface area contributed by atoms with Gasteiger partial charge in [0.15, 0.2) is 5.78 Å². The first-order valence-corrected chi connectivity index (χ1v) is 10.3. The average Bonchev–Trinajstić information content (AvgIpc) is 2.71. The van der Waals surface area contributed by atoms with Crippen LogP contribution in [0.4, 0.5) is 15.8 Å². The van der Waals surface area contributed by atoms with Crippen molar-refractivity contribution in [3.8, 4) is 0 Å². The highest BCUT2D eigenvalue weighted by atomic mass is 35.5. The van der Waals surface area contributed by atoms with Crippen molar-refractivity contribution in [2.24, 2.45) is 0 Å². The van der Waals surface area contributed by atoms with Crippen molar-refractivity contribution < 1.29 is 14.0 Å². The van der Waals surface area contributed by atoms with E-state index in [9.17, 15) is 14.0 Å². The minimum absolute atomic E-state index is 0.0800. The van der Waals surface area contributed by atoms with Gasteiger partial charge in [0.2, 0.25) is 5.91 Å². The van der Waals surface area contributed by atoms with Gasteiger partial charge in [0.1, 0.15) is 5.82 Å². The number of hydrogen-bond acceptors (Lipinski definition) is 4. The molecule has 156 valence electrons. The number of benzene rings is 2. The second kappa shape index (κ2) is 8.58. The fraction of sp³-hybridized carbons (Fsp3) is 0.304. The van der Waals surface area contributed by atoms with Crippen molar-refractivity contribution in [2.75, 3.05) is 36.4 Å². The van der Waals surface area contributed by atoms with Crippen LogP contribution < -0.4 is 10.2 Å². The van der Waals surface area contributed by atoms with Gasteiger partial charge in [0.25, 0.3) is 0 Å². The number of carbonyl (C=O) groups is 2. The SMILES string of the molecule is C[C@@H]1CN(c2ccc(Cl)c(F)c2)CCN1CC(=O)Nc1ccc2c(c1)C=CC(=O)C2. The Morgan fingerprint density at radius 1 is 1.20 bits per heavy atom. The molecule has 1 fully saturated rings. The number of rotatable bonds is 4. The van der Waals surface area contributed by atoms with Gasteiger partial charge in [0, 0.05) is 43.5 Å². The molecule has 0 aromatic heterocycles. The van der Waals surface area contributed by atoms with Gasteiger partial charge in [-0.25, -0.2) is 4.39 Å². The van der Waals surface area contributed by atoms with Crippen molar-refractivity contribution >= 4 is 40.7 Å². The van der Waals surface area contributed by atoms with Gasteiger partial charge in [-0.05, 0) is 54.5 Å². The highest BCUT2D eigenvalue weighted by Crippen LogP contribution is 2.25. The monoisotopic (exact) mass is 427 g/mol. The molecule has 1 aliphatic carbocycles. The van der Waals surface area contributed by atoms with E-state index in [0.717, 1.165) is 22.5 Å². The summed E-state index contributed by atoms with van der Waals surface area (Å²) in [6, 6.07) is 10.6. The van der Waals surface area contributed by atoms with Crippen LogP contribution in [0.2, 0.25) is 5.02 Å². The molecule has 0 spiro atoms. The third-order valence-electron chi connectivity index (χ3n) is 5.62. The minimum Gasteiger partial charge on any atom is -0.369 e. The summed E-state index contributed by atoms with van der Waals surface area (Å²) in [6.45, 7) is 4.46. The summed E-state index contributed by atoms with van der Waals surface area (Å²) in [4.78, 5) is 28.3. The topological polar surface area (TPSA) is 52.6 Å². The molecule has 1 amide bonds. The molecule has 1 saturated heterocycles. The number of ketones is 1. The van der Waals surface area contributed by atoms with Crippen LogP contribution in [0.25, 0.3) is 6.08 Å². The van der Waals surface area contributed by atoms with Crippen LogP contribution in [0, 0.1) is 5.82 Å². The van der Waals surface area contributed by atoms with Crippen LogP contribution in [-0.4, -0.2) is 48.8 Å². The van der Waals surface area contributed by atoms with Crippen LogP contribution in [-0.2, 0) is 16.0 Å². The Morgan fingerprint density at radius 2 is 2.03 bits per heavy atom. The minimum atomic E-state index is -0.423. The molecule has 1 atom stereocenters. The number of halogens is 2. The highest BCUT2D eigenvalue weighted by molar-refractivity contribution is 6.30. The van der Waals surface area contributed by atoms with Crippen LogP contribution in [0.1, 0.15) is 18.1 Å². The van der Waals surface area contributed by atoms with Gasteiger partial charge in [-0.3, -0.25) is 14.5 Å². The summed E-state index contributed by atoms with van der Waals surface area (Å²) in [5.41, 5.74) is 3.46. The van der Waals surface area contributed by atoms with Crippen LogP contribution in [0.5, 0.6) is 0 Å². The molecule has 1 heterocycles.